The summed E-state index contributed by atoms with van der Waals surface area (Å²) in [5.41, 5.74) is 1.57. The number of nitrogens with zero attached hydrogens (tertiary/aromatic N) is 2. The fourth-order valence-electron chi connectivity index (χ4n) is 2.40. The predicted octanol–water partition coefficient (Wildman–Crippen LogP) is 2.65. The van der Waals surface area contributed by atoms with Crippen molar-refractivity contribution in [3.05, 3.63) is 59.4 Å². The molecule has 2 aromatic heterocycles. The first-order chi connectivity index (χ1) is 12.5. The third-order valence-electron chi connectivity index (χ3n) is 3.55. The van der Waals surface area contributed by atoms with Crippen molar-refractivity contribution in [3.63, 3.8) is 0 Å². The molecule has 2 amide bonds. The van der Waals surface area contributed by atoms with Gasteiger partial charge in [-0.25, -0.2) is 4.68 Å². The Balaban J connectivity index is 1.87. The Labute approximate surface area is 154 Å². The quantitative estimate of drug-likeness (QED) is 0.651. The minimum atomic E-state index is -0.344. The van der Waals surface area contributed by atoms with Gasteiger partial charge in [0.1, 0.15) is 5.69 Å². The largest absolute Gasteiger partial charge is 0.463 e. The molecule has 0 radical (unpaired) electrons. The third-order valence-corrected chi connectivity index (χ3v) is 3.79. The van der Waals surface area contributed by atoms with Crippen LogP contribution in [-0.2, 0) is 4.79 Å². The molecular formula is C18H17ClN4O3. The van der Waals surface area contributed by atoms with E-state index in [1.807, 2.05) is 6.07 Å². The second kappa shape index (κ2) is 7.88. The van der Waals surface area contributed by atoms with E-state index >= 15 is 0 Å². The van der Waals surface area contributed by atoms with Gasteiger partial charge in [0.15, 0.2) is 11.5 Å². The molecule has 0 saturated carbocycles. The number of furan rings is 1. The Morgan fingerprint density at radius 1 is 1.15 bits per heavy atom. The lowest BCUT2D eigenvalue weighted by Gasteiger charge is -2.06. The van der Waals surface area contributed by atoms with Crippen LogP contribution in [0, 0.1) is 0 Å². The van der Waals surface area contributed by atoms with Crippen LogP contribution in [-0.4, -0.2) is 34.7 Å². The molecule has 26 heavy (non-hydrogen) atoms. The van der Waals surface area contributed by atoms with Gasteiger partial charge in [-0.05, 0) is 30.3 Å². The Bertz CT molecular complexity index is 918. The number of nitrogens with one attached hydrogen (secondary N) is 2. The fraction of sp³-hybridized carbons (Fsp3) is 0.167. The van der Waals surface area contributed by atoms with E-state index in [-0.39, 0.29) is 17.5 Å². The van der Waals surface area contributed by atoms with Crippen molar-refractivity contribution >= 4 is 23.4 Å². The topological polar surface area (TPSA) is 89.2 Å². The van der Waals surface area contributed by atoms with Gasteiger partial charge in [-0.2, -0.15) is 5.10 Å². The molecule has 0 fully saturated rings. The molecular weight excluding hydrogens is 356 g/mol. The van der Waals surface area contributed by atoms with E-state index in [1.165, 1.54) is 6.92 Å². The summed E-state index contributed by atoms with van der Waals surface area (Å²) in [5, 5.41) is 10.3. The highest BCUT2D eigenvalue weighted by Crippen LogP contribution is 2.25. The highest BCUT2D eigenvalue weighted by atomic mass is 35.5. The normalized spacial score (nSPS) is 10.5. The predicted molar refractivity (Wildman–Crippen MR) is 97.3 cm³/mol. The van der Waals surface area contributed by atoms with Crippen molar-refractivity contribution in [1.29, 1.82) is 0 Å². The van der Waals surface area contributed by atoms with E-state index in [0.717, 1.165) is 0 Å². The van der Waals surface area contributed by atoms with Crippen LogP contribution in [0.2, 0.25) is 5.02 Å². The summed E-state index contributed by atoms with van der Waals surface area (Å²) in [6, 6.07) is 12.3. The van der Waals surface area contributed by atoms with Crippen molar-refractivity contribution < 1.29 is 14.0 Å². The summed E-state index contributed by atoms with van der Waals surface area (Å²) >= 11 is 6.07. The standard InChI is InChI=1S/C18H17ClN4O3/c1-12(24)20-7-8-21-18(25)15-11-16(17-6-3-9-26-17)23(22-15)14-5-2-4-13(19)10-14/h2-6,9-11H,7-8H2,1H3,(H,20,24)(H,21,25). The van der Waals surface area contributed by atoms with Crippen molar-refractivity contribution in [2.45, 2.75) is 6.92 Å². The van der Waals surface area contributed by atoms with Crippen molar-refractivity contribution in [1.82, 2.24) is 20.4 Å². The molecule has 2 N–H and O–H groups in total. The number of benzene rings is 1. The number of amides is 2. The highest BCUT2D eigenvalue weighted by molar-refractivity contribution is 6.30. The first kappa shape index (κ1) is 17.8. The Hall–Kier alpha value is -3.06. The zero-order valence-electron chi connectivity index (χ0n) is 14.0. The molecule has 1 aromatic carbocycles. The van der Waals surface area contributed by atoms with E-state index < -0.39 is 0 Å². The smallest absolute Gasteiger partial charge is 0.271 e. The van der Waals surface area contributed by atoms with Gasteiger partial charge in [-0.1, -0.05) is 17.7 Å². The summed E-state index contributed by atoms with van der Waals surface area (Å²) in [4.78, 5) is 23.2. The van der Waals surface area contributed by atoms with Crippen LogP contribution in [0.3, 0.4) is 0 Å². The number of carbonyl (C=O) groups excluding carboxylic acids is 2. The molecule has 134 valence electrons. The molecule has 0 bridgehead atoms. The minimum absolute atomic E-state index is 0.149. The van der Waals surface area contributed by atoms with E-state index in [1.54, 1.807) is 47.3 Å². The lowest BCUT2D eigenvalue weighted by Crippen LogP contribution is -2.33. The van der Waals surface area contributed by atoms with Crippen LogP contribution in [0.25, 0.3) is 17.1 Å². The van der Waals surface area contributed by atoms with Crippen LogP contribution in [0.1, 0.15) is 17.4 Å². The highest BCUT2D eigenvalue weighted by Gasteiger charge is 2.18. The number of rotatable bonds is 6. The van der Waals surface area contributed by atoms with Gasteiger partial charge in [-0.15, -0.1) is 0 Å². The van der Waals surface area contributed by atoms with E-state index in [2.05, 4.69) is 15.7 Å². The van der Waals surface area contributed by atoms with Gasteiger partial charge >= 0.3 is 0 Å². The van der Waals surface area contributed by atoms with Gasteiger partial charge < -0.3 is 15.1 Å². The molecule has 0 aliphatic heterocycles. The Kier molecular flexibility index (Phi) is 5.38. The average Bonchev–Trinajstić information content (AvgIpc) is 3.27. The van der Waals surface area contributed by atoms with Crippen LogP contribution in [0.15, 0.2) is 53.1 Å². The van der Waals surface area contributed by atoms with Gasteiger partial charge in [0.2, 0.25) is 5.91 Å². The second-order valence-corrected chi connectivity index (χ2v) is 5.96. The van der Waals surface area contributed by atoms with Crippen LogP contribution < -0.4 is 10.6 Å². The molecule has 2 heterocycles. The maximum Gasteiger partial charge on any atom is 0.271 e. The van der Waals surface area contributed by atoms with Gasteiger partial charge in [-0.3, -0.25) is 9.59 Å². The molecule has 0 atom stereocenters. The van der Waals surface area contributed by atoms with E-state index in [4.69, 9.17) is 16.0 Å². The molecule has 7 nitrogen and oxygen atoms in total. The molecule has 0 saturated heterocycles. The lowest BCUT2D eigenvalue weighted by molar-refractivity contribution is -0.118. The molecule has 3 rings (SSSR count). The number of hydrogen-bond acceptors (Lipinski definition) is 4. The lowest BCUT2D eigenvalue weighted by atomic mass is 10.2. The Morgan fingerprint density at radius 2 is 1.96 bits per heavy atom. The van der Waals surface area contributed by atoms with Gasteiger partial charge in [0.05, 0.1) is 12.0 Å². The molecule has 0 aliphatic rings. The molecule has 0 unspecified atom stereocenters. The maximum absolute atomic E-state index is 12.4. The van der Waals surface area contributed by atoms with Gasteiger partial charge in [0, 0.05) is 31.1 Å². The number of hydrogen-bond donors (Lipinski definition) is 2. The zero-order valence-corrected chi connectivity index (χ0v) is 14.8. The third kappa shape index (κ3) is 4.12. The molecule has 8 heteroatoms. The minimum Gasteiger partial charge on any atom is -0.463 e. The zero-order chi connectivity index (χ0) is 18.5. The summed E-state index contributed by atoms with van der Waals surface area (Å²) in [7, 11) is 0. The Morgan fingerprint density at radius 3 is 2.65 bits per heavy atom. The summed E-state index contributed by atoms with van der Waals surface area (Å²) in [6.07, 6.45) is 1.55. The van der Waals surface area contributed by atoms with Crippen molar-refractivity contribution in [3.8, 4) is 17.1 Å². The first-order valence-electron chi connectivity index (χ1n) is 7.97. The van der Waals surface area contributed by atoms with Crippen LogP contribution in [0.5, 0.6) is 0 Å². The van der Waals surface area contributed by atoms with Crippen molar-refractivity contribution in [2.24, 2.45) is 0 Å². The van der Waals surface area contributed by atoms with E-state index in [9.17, 15) is 9.59 Å². The average molecular weight is 373 g/mol. The first-order valence-corrected chi connectivity index (χ1v) is 8.35. The monoisotopic (exact) mass is 372 g/mol. The maximum atomic E-state index is 12.4. The van der Waals surface area contributed by atoms with Crippen LogP contribution >= 0.6 is 11.6 Å². The van der Waals surface area contributed by atoms with Gasteiger partial charge in [0.25, 0.3) is 5.91 Å². The van der Waals surface area contributed by atoms with Crippen LogP contribution in [0.4, 0.5) is 0 Å². The summed E-state index contributed by atoms with van der Waals surface area (Å²) < 4.78 is 7.06. The SMILES string of the molecule is CC(=O)NCCNC(=O)c1cc(-c2ccco2)n(-c2cccc(Cl)c2)n1. The molecule has 3 aromatic rings. The molecule has 0 aliphatic carbocycles. The fourth-order valence-corrected chi connectivity index (χ4v) is 2.59. The number of aromatic nitrogens is 2. The number of carbonyl (C=O) groups is 2. The summed E-state index contributed by atoms with van der Waals surface area (Å²) in [5.74, 6) is 0.0864. The molecule has 0 spiro atoms. The number of halogens is 1. The van der Waals surface area contributed by atoms with E-state index in [0.29, 0.717) is 35.3 Å². The second-order valence-electron chi connectivity index (χ2n) is 5.52. The summed E-state index contributed by atoms with van der Waals surface area (Å²) in [6.45, 7) is 2.07. The van der Waals surface area contributed by atoms with Crippen molar-refractivity contribution in [2.75, 3.05) is 13.1 Å².